The number of rotatable bonds is 9. The van der Waals surface area contributed by atoms with Crippen LogP contribution in [0.25, 0.3) is 17.0 Å². The number of non-ortho nitro benzene ring substituents is 1. The molecule has 0 spiro atoms. The van der Waals surface area contributed by atoms with Crippen molar-refractivity contribution in [1.82, 2.24) is 9.88 Å². The van der Waals surface area contributed by atoms with Gasteiger partial charge in [0.2, 0.25) is 0 Å². The number of nitro benzene ring substituents is 1. The minimum atomic E-state index is -0.911. The summed E-state index contributed by atoms with van der Waals surface area (Å²) in [6.07, 6.45) is 5.22. The molecule has 3 aromatic carbocycles. The lowest BCUT2D eigenvalue weighted by atomic mass is 9.95. The van der Waals surface area contributed by atoms with Crippen LogP contribution in [0.2, 0.25) is 0 Å². The van der Waals surface area contributed by atoms with Crippen molar-refractivity contribution < 1.29 is 24.4 Å². The topological polar surface area (TPSA) is 126 Å². The van der Waals surface area contributed by atoms with Gasteiger partial charge in [-0.3, -0.25) is 19.7 Å². The molecule has 196 valence electrons. The fourth-order valence-electron chi connectivity index (χ4n) is 4.82. The van der Waals surface area contributed by atoms with Gasteiger partial charge in [0.15, 0.2) is 11.5 Å². The van der Waals surface area contributed by atoms with E-state index in [2.05, 4.69) is 4.98 Å². The van der Waals surface area contributed by atoms with E-state index in [1.165, 1.54) is 35.2 Å². The molecule has 1 aliphatic heterocycles. The Morgan fingerprint density at radius 2 is 1.87 bits per heavy atom. The van der Waals surface area contributed by atoms with Gasteiger partial charge in [-0.25, -0.2) is 0 Å². The second kappa shape index (κ2) is 10.7. The molecule has 0 unspecified atom stereocenters. The smallest absolute Gasteiger partial charge is 0.290 e. The molecule has 0 bridgehead atoms. The van der Waals surface area contributed by atoms with Crippen molar-refractivity contribution in [3.8, 4) is 5.75 Å². The largest absolute Gasteiger partial charge is 0.503 e. The summed E-state index contributed by atoms with van der Waals surface area (Å²) in [6.45, 7) is 0.188. The number of nitrogens with one attached hydrogen (secondary N) is 1. The number of methoxy groups -OCH3 is 1. The molecule has 1 amide bonds. The lowest BCUT2D eigenvalue weighted by molar-refractivity contribution is -0.384. The first kappa shape index (κ1) is 25.5. The Bertz CT molecular complexity index is 1620. The number of aromatic amines is 1. The normalized spacial score (nSPS) is 15.5. The third-order valence-corrected chi connectivity index (χ3v) is 6.81. The van der Waals surface area contributed by atoms with E-state index in [0.717, 1.165) is 22.0 Å². The fraction of sp³-hybridized carbons (Fsp3) is 0.133. The maximum absolute atomic E-state index is 13.3. The molecule has 4 aromatic rings. The molecule has 9 nitrogen and oxygen atoms in total. The average molecular weight is 524 g/mol. The Morgan fingerprint density at radius 1 is 1.13 bits per heavy atom. The quantitative estimate of drug-likeness (QED) is 0.174. The number of allylic oxidation sites excluding steroid dienone is 1. The summed E-state index contributed by atoms with van der Waals surface area (Å²) < 4.78 is 5.34. The lowest BCUT2D eigenvalue weighted by Gasteiger charge is -2.26. The second-order valence-corrected chi connectivity index (χ2v) is 9.10. The van der Waals surface area contributed by atoms with Crippen molar-refractivity contribution in [3.05, 3.63) is 123 Å². The molecule has 9 heteroatoms. The monoisotopic (exact) mass is 523 g/mol. The number of amides is 1. The molecular weight excluding hydrogens is 498 g/mol. The summed E-state index contributed by atoms with van der Waals surface area (Å²) in [6, 6.07) is 19.6. The van der Waals surface area contributed by atoms with Gasteiger partial charge in [0.1, 0.15) is 5.75 Å². The first-order chi connectivity index (χ1) is 18.9. The van der Waals surface area contributed by atoms with Gasteiger partial charge in [0, 0.05) is 35.8 Å². The molecule has 0 aliphatic carbocycles. The van der Waals surface area contributed by atoms with Crippen LogP contribution >= 0.6 is 0 Å². The number of carbonyl (C=O) groups is 2. The van der Waals surface area contributed by atoms with E-state index in [-0.39, 0.29) is 17.8 Å². The summed E-state index contributed by atoms with van der Waals surface area (Å²) in [4.78, 5) is 41.9. The van der Waals surface area contributed by atoms with Crippen molar-refractivity contribution in [3.63, 3.8) is 0 Å². The predicted octanol–water partition coefficient (Wildman–Crippen LogP) is 5.31. The zero-order chi connectivity index (χ0) is 27.5. The van der Waals surface area contributed by atoms with Crippen molar-refractivity contribution in [2.24, 2.45) is 0 Å². The van der Waals surface area contributed by atoms with Crippen molar-refractivity contribution in [2.45, 2.75) is 12.5 Å². The molecule has 2 N–H and O–H groups in total. The number of nitro groups is 1. The second-order valence-electron chi connectivity index (χ2n) is 9.10. The van der Waals surface area contributed by atoms with Crippen LogP contribution < -0.4 is 4.74 Å². The van der Waals surface area contributed by atoms with Gasteiger partial charge in [-0.1, -0.05) is 36.4 Å². The molecular formula is C30H25N3O6. The minimum absolute atomic E-state index is 0.0679. The van der Waals surface area contributed by atoms with Crippen LogP contribution in [0.15, 0.2) is 96.4 Å². The van der Waals surface area contributed by atoms with Gasteiger partial charge >= 0.3 is 0 Å². The van der Waals surface area contributed by atoms with Crippen LogP contribution in [0.3, 0.4) is 0 Å². The average Bonchev–Trinajstić information content (AvgIpc) is 3.48. The Morgan fingerprint density at radius 3 is 2.56 bits per heavy atom. The Labute approximate surface area is 223 Å². The summed E-state index contributed by atoms with van der Waals surface area (Å²) in [5, 5.41) is 23.0. The number of hydrogen-bond acceptors (Lipinski definition) is 6. The summed E-state index contributed by atoms with van der Waals surface area (Å²) >= 11 is 0. The van der Waals surface area contributed by atoms with Crippen molar-refractivity contribution in [1.29, 1.82) is 0 Å². The third kappa shape index (κ3) is 5.02. The number of nitrogens with zero attached hydrogens (tertiary/aromatic N) is 2. The molecule has 0 saturated heterocycles. The fourth-order valence-corrected chi connectivity index (χ4v) is 4.82. The van der Waals surface area contributed by atoms with E-state index < -0.39 is 28.4 Å². The van der Waals surface area contributed by atoms with Crippen LogP contribution in [-0.2, 0) is 16.0 Å². The number of hydrogen-bond donors (Lipinski definition) is 2. The zero-order valence-electron chi connectivity index (χ0n) is 21.0. The van der Waals surface area contributed by atoms with Crippen LogP contribution in [0.5, 0.6) is 5.75 Å². The molecule has 2 heterocycles. The summed E-state index contributed by atoms with van der Waals surface area (Å²) in [7, 11) is 1.59. The number of fused-ring (bicyclic) bond motifs is 1. The van der Waals surface area contributed by atoms with E-state index >= 15 is 0 Å². The number of ether oxygens (including phenoxy) is 1. The van der Waals surface area contributed by atoms with Crippen LogP contribution in [0.1, 0.15) is 22.7 Å². The number of aromatic nitrogens is 1. The minimum Gasteiger partial charge on any atom is -0.503 e. The molecule has 5 rings (SSSR count). The van der Waals surface area contributed by atoms with Gasteiger partial charge in [0.05, 0.1) is 23.6 Å². The molecule has 1 aromatic heterocycles. The molecule has 1 atom stereocenters. The number of aliphatic hydroxyl groups excluding tert-OH is 1. The van der Waals surface area contributed by atoms with E-state index in [1.54, 1.807) is 13.2 Å². The van der Waals surface area contributed by atoms with Gasteiger partial charge < -0.3 is 19.7 Å². The third-order valence-electron chi connectivity index (χ3n) is 6.81. The molecule has 0 saturated carbocycles. The van der Waals surface area contributed by atoms with E-state index in [1.807, 2.05) is 54.7 Å². The standard InChI is InChI=1S/C30H25N3O6/c1-39-23-12-13-25-24(17-23)21(18-31-25)15-16-32-28(20-8-10-22(11-9-20)33(37)38)27(29(35)30(32)36)26(34)14-7-19-5-3-2-4-6-19/h2-14,17-18,28,31,35H,15-16H2,1H3/b14-7+/t28-/m1/s1. The van der Waals surface area contributed by atoms with Crippen LogP contribution in [-0.4, -0.2) is 45.3 Å². The lowest BCUT2D eigenvalue weighted by Crippen LogP contribution is -2.33. The number of H-pyrrole nitrogens is 1. The number of benzene rings is 3. The van der Waals surface area contributed by atoms with E-state index in [4.69, 9.17) is 4.74 Å². The maximum atomic E-state index is 13.3. The molecule has 0 fully saturated rings. The summed E-state index contributed by atoms with van der Waals surface area (Å²) in [5.41, 5.74) is 2.92. The first-order valence-electron chi connectivity index (χ1n) is 12.3. The van der Waals surface area contributed by atoms with Gasteiger partial charge in [-0.2, -0.15) is 0 Å². The highest BCUT2D eigenvalue weighted by Crippen LogP contribution is 2.39. The van der Waals surface area contributed by atoms with Crippen molar-refractivity contribution in [2.75, 3.05) is 13.7 Å². The van der Waals surface area contributed by atoms with Crippen LogP contribution in [0, 0.1) is 10.1 Å². The number of ketones is 1. The molecule has 1 aliphatic rings. The van der Waals surface area contributed by atoms with Gasteiger partial charge in [0.25, 0.3) is 11.6 Å². The van der Waals surface area contributed by atoms with E-state index in [9.17, 15) is 24.8 Å². The van der Waals surface area contributed by atoms with Crippen molar-refractivity contribution >= 4 is 34.4 Å². The first-order valence-corrected chi connectivity index (χ1v) is 12.3. The highest BCUT2D eigenvalue weighted by molar-refractivity contribution is 6.14. The summed E-state index contributed by atoms with van der Waals surface area (Å²) in [5.74, 6) is -1.12. The highest BCUT2D eigenvalue weighted by Gasteiger charge is 2.42. The molecule has 39 heavy (non-hydrogen) atoms. The number of carbonyl (C=O) groups excluding carboxylic acids is 2. The Kier molecular flexibility index (Phi) is 6.96. The SMILES string of the molecule is COc1ccc2[nH]cc(CCN3C(=O)C(O)=C(C(=O)/C=C/c4ccccc4)[C@H]3c3ccc([N+](=O)[O-])cc3)c2c1. The maximum Gasteiger partial charge on any atom is 0.290 e. The Hall–Kier alpha value is -5.18. The van der Waals surface area contributed by atoms with Gasteiger partial charge in [-0.05, 0) is 59.5 Å². The van der Waals surface area contributed by atoms with Crippen LogP contribution in [0.4, 0.5) is 5.69 Å². The predicted molar refractivity (Wildman–Crippen MR) is 146 cm³/mol. The van der Waals surface area contributed by atoms with Gasteiger partial charge in [-0.15, -0.1) is 0 Å². The van der Waals surface area contributed by atoms with E-state index in [0.29, 0.717) is 17.7 Å². The molecule has 0 radical (unpaired) electrons. The Balaban J connectivity index is 1.48. The highest BCUT2D eigenvalue weighted by atomic mass is 16.6. The zero-order valence-corrected chi connectivity index (χ0v) is 21.0. The number of aliphatic hydroxyl groups is 1.